The van der Waals surface area contributed by atoms with Crippen LogP contribution in [0.1, 0.15) is 36.9 Å². The van der Waals surface area contributed by atoms with Crippen molar-refractivity contribution in [3.05, 3.63) is 71.8 Å². The molecule has 1 aliphatic carbocycles. The fraction of sp³-hybridized carbons (Fsp3) is 0.316. The van der Waals surface area contributed by atoms with Gasteiger partial charge in [0.2, 0.25) is 5.91 Å². The summed E-state index contributed by atoms with van der Waals surface area (Å²) in [5, 5.41) is 6.53. The quantitative estimate of drug-likeness (QED) is 0.860. The lowest BCUT2D eigenvalue weighted by Gasteiger charge is -2.24. The van der Waals surface area contributed by atoms with Crippen molar-refractivity contribution in [2.24, 2.45) is 0 Å². The van der Waals surface area contributed by atoms with Crippen LogP contribution >= 0.6 is 0 Å². The van der Waals surface area contributed by atoms with Crippen molar-refractivity contribution in [1.82, 2.24) is 10.6 Å². The molecule has 0 heterocycles. The standard InChI is InChI=1S/C19H22N2O/c1-14(19(22)21-17-12-13-17)20-18(15-8-4-2-5-9-15)16-10-6-3-7-11-16/h2-11,14,17-18,20H,12-13H2,1H3,(H,21,22)/t14-/m0/s1. The smallest absolute Gasteiger partial charge is 0.237 e. The molecule has 114 valence electrons. The third-order valence-corrected chi connectivity index (χ3v) is 4.00. The van der Waals surface area contributed by atoms with Gasteiger partial charge in [0, 0.05) is 6.04 Å². The van der Waals surface area contributed by atoms with Gasteiger partial charge in [-0.25, -0.2) is 0 Å². The highest BCUT2D eigenvalue weighted by molar-refractivity contribution is 5.82. The maximum atomic E-state index is 12.2. The number of hydrogen-bond donors (Lipinski definition) is 2. The van der Waals surface area contributed by atoms with Crippen LogP contribution in [0.25, 0.3) is 0 Å². The molecule has 3 nitrogen and oxygen atoms in total. The van der Waals surface area contributed by atoms with Gasteiger partial charge in [-0.3, -0.25) is 10.1 Å². The molecular weight excluding hydrogens is 272 g/mol. The number of amides is 1. The van der Waals surface area contributed by atoms with Crippen LogP contribution in [0.5, 0.6) is 0 Å². The fourth-order valence-electron chi connectivity index (χ4n) is 2.56. The summed E-state index contributed by atoms with van der Waals surface area (Å²) >= 11 is 0. The Labute approximate surface area is 131 Å². The molecule has 1 atom stereocenters. The Morgan fingerprint density at radius 1 is 0.955 bits per heavy atom. The van der Waals surface area contributed by atoms with Crippen LogP contribution in [0, 0.1) is 0 Å². The SMILES string of the molecule is C[C@H](NC(c1ccccc1)c1ccccc1)C(=O)NC1CC1. The highest BCUT2D eigenvalue weighted by Gasteiger charge is 2.27. The highest BCUT2D eigenvalue weighted by Crippen LogP contribution is 2.23. The largest absolute Gasteiger partial charge is 0.352 e. The van der Waals surface area contributed by atoms with Crippen molar-refractivity contribution in [2.45, 2.75) is 37.9 Å². The topological polar surface area (TPSA) is 41.1 Å². The Kier molecular flexibility index (Phi) is 4.54. The minimum absolute atomic E-state index is 0.0161. The average Bonchev–Trinajstić information content (AvgIpc) is 3.38. The molecule has 2 N–H and O–H groups in total. The van der Waals surface area contributed by atoms with E-state index < -0.39 is 0 Å². The van der Waals surface area contributed by atoms with Gasteiger partial charge in [-0.1, -0.05) is 60.7 Å². The van der Waals surface area contributed by atoms with Crippen LogP contribution in [-0.4, -0.2) is 18.0 Å². The van der Waals surface area contributed by atoms with Crippen molar-refractivity contribution in [3.63, 3.8) is 0 Å². The van der Waals surface area contributed by atoms with Crippen molar-refractivity contribution in [1.29, 1.82) is 0 Å². The van der Waals surface area contributed by atoms with Crippen molar-refractivity contribution in [3.8, 4) is 0 Å². The van der Waals surface area contributed by atoms with Gasteiger partial charge in [0.05, 0.1) is 12.1 Å². The number of carbonyl (C=O) groups is 1. The molecule has 0 radical (unpaired) electrons. The first-order valence-electron chi connectivity index (χ1n) is 7.90. The zero-order valence-electron chi connectivity index (χ0n) is 12.8. The lowest BCUT2D eigenvalue weighted by Crippen LogP contribution is -2.44. The summed E-state index contributed by atoms with van der Waals surface area (Å²) < 4.78 is 0. The average molecular weight is 294 g/mol. The van der Waals surface area contributed by atoms with E-state index in [1.54, 1.807) is 0 Å². The molecule has 0 aliphatic heterocycles. The first kappa shape index (κ1) is 14.8. The Morgan fingerprint density at radius 3 is 1.91 bits per heavy atom. The molecule has 1 aliphatic rings. The van der Waals surface area contributed by atoms with Crippen LogP contribution in [-0.2, 0) is 4.79 Å². The summed E-state index contributed by atoms with van der Waals surface area (Å²) in [4.78, 5) is 12.2. The highest BCUT2D eigenvalue weighted by atomic mass is 16.2. The molecule has 0 saturated heterocycles. The summed E-state index contributed by atoms with van der Waals surface area (Å²) in [5.41, 5.74) is 2.33. The van der Waals surface area contributed by atoms with Crippen molar-refractivity contribution in [2.75, 3.05) is 0 Å². The van der Waals surface area contributed by atoms with Crippen LogP contribution in [0.3, 0.4) is 0 Å². The molecule has 0 unspecified atom stereocenters. The van der Waals surface area contributed by atoms with Gasteiger partial charge in [0.25, 0.3) is 0 Å². The summed E-state index contributed by atoms with van der Waals surface area (Å²) in [6, 6.07) is 20.7. The predicted molar refractivity (Wildman–Crippen MR) is 88.5 cm³/mol. The first-order valence-corrected chi connectivity index (χ1v) is 7.90. The molecule has 2 aromatic carbocycles. The second kappa shape index (κ2) is 6.75. The molecule has 3 rings (SSSR count). The minimum Gasteiger partial charge on any atom is -0.352 e. The molecule has 0 spiro atoms. The zero-order valence-corrected chi connectivity index (χ0v) is 12.8. The second-order valence-corrected chi connectivity index (χ2v) is 5.93. The van der Waals surface area contributed by atoms with Crippen LogP contribution in [0.15, 0.2) is 60.7 Å². The van der Waals surface area contributed by atoms with Crippen molar-refractivity contribution >= 4 is 5.91 Å². The van der Waals surface area contributed by atoms with Gasteiger partial charge in [-0.2, -0.15) is 0 Å². The van der Waals surface area contributed by atoms with Gasteiger partial charge in [0.15, 0.2) is 0 Å². The molecular formula is C19H22N2O. The zero-order chi connectivity index (χ0) is 15.4. The second-order valence-electron chi connectivity index (χ2n) is 5.93. The van der Waals surface area contributed by atoms with E-state index in [0.29, 0.717) is 6.04 Å². The molecule has 2 aromatic rings. The maximum absolute atomic E-state index is 12.2. The van der Waals surface area contributed by atoms with E-state index in [1.165, 1.54) is 11.1 Å². The van der Waals surface area contributed by atoms with E-state index in [1.807, 2.05) is 43.3 Å². The molecule has 1 saturated carbocycles. The number of benzene rings is 2. The predicted octanol–water partition coefficient (Wildman–Crippen LogP) is 3.03. The van der Waals surface area contributed by atoms with Crippen LogP contribution in [0.4, 0.5) is 0 Å². The van der Waals surface area contributed by atoms with E-state index in [9.17, 15) is 4.79 Å². The Morgan fingerprint density at radius 2 is 1.45 bits per heavy atom. The summed E-state index contributed by atoms with van der Waals surface area (Å²) in [7, 11) is 0. The van der Waals surface area contributed by atoms with Crippen LogP contribution < -0.4 is 10.6 Å². The summed E-state index contributed by atoms with van der Waals surface area (Å²) in [6.45, 7) is 1.93. The lowest BCUT2D eigenvalue weighted by molar-refractivity contribution is -0.123. The molecule has 1 fully saturated rings. The Bertz CT molecular complexity index is 568. The number of hydrogen-bond acceptors (Lipinski definition) is 2. The van der Waals surface area contributed by atoms with Gasteiger partial charge in [-0.15, -0.1) is 0 Å². The van der Waals surface area contributed by atoms with Gasteiger partial charge < -0.3 is 5.32 Å². The number of rotatable bonds is 6. The normalized spacial score (nSPS) is 15.5. The first-order chi connectivity index (χ1) is 10.7. The molecule has 0 bridgehead atoms. The van der Waals surface area contributed by atoms with Gasteiger partial charge >= 0.3 is 0 Å². The lowest BCUT2D eigenvalue weighted by atomic mass is 9.98. The molecule has 22 heavy (non-hydrogen) atoms. The van der Waals surface area contributed by atoms with Gasteiger partial charge in [0.1, 0.15) is 0 Å². The maximum Gasteiger partial charge on any atom is 0.237 e. The summed E-state index contributed by atoms with van der Waals surface area (Å²) in [6.07, 6.45) is 2.22. The van der Waals surface area contributed by atoms with E-state index >= 15 is 0 Å². The summed E-state index contributed by atoms with van der Waals surface area (Å²) in [5.74, 6) is 0.0827. The minimum atomic E-state index is -0.231. The van der Waals surface area contributed by atoms with Gasteiger partial charge in [-0.05, 0) is 30.9 Å². The van der Waals surface area contributed by atoms with E-state index in [4.69, 9.17) is 0 Å². The number of carbonyl (C=O) groups excluding carboxylic acids is 1. The Hall–Kier alpha value is -2.13. The monoisotopic (exact) mass is 294 g/mol. The van der Waals surface area contributed by atoms with Crippen molar-refractivity contribution < 1.29 is 4.79 Å². The third-order valence-electron chi connectivity index (χ3n) is 4.00. The Balaban J connectivity index is 1.78. The molecule has 0 aromatic heterocycles. The van der Waals surface area contributed by atoms with E-state index in [-0.39, 0.29) is 18.0 Å². The molecule has 3 heteroatoms. The van der Waals surface area contributed by atoms with E-state index in [2.05, 4.69) is 34.9 Å². The van der Waals surface area contributed by atoms with E-state index in [0.717, 1.165) is 12.8 Å². The fourth-order valence-corrected chi connectivity index (χ4v) is 2.56. The number of nitrogens with one attached hydrogen (secondary N) is 2. The third kappa shape index (κ3) is 3.74. The molecule has 1 amide bonds. The van der Waals surface area contributed by atoms with Crippen LogP contribution in [0.2, 0.25) is 0 Å².